The number of carbonyl (C=O) groups excluding carboxylic acids is 2. The number of benzene rings is 3. The number of nitrogens with one attached hydrogen (secondary N) is 1. The molecule has 4 heteroatoms. The molecular weight excluding hydrogens is 336 g/mol. The second-order valence-electron chi connectivity index (χ2n) is 6.39. The summed E-state index contributed by atoms with van der Waals surface area (Å²) in [5.41, 5.74) is 3.95. The monoisotopic (exact) mass is 358 g/mol. The van der Waals surface area contributed by atoms with Gasteiger partial charge in [-0.2, -0.15) is 0 Å². The minimum atomic E-state index is -0.199. The second kappa shape index (κ2) is 8.32. The number of aryl methyl sites for hydroxylation is 1. The lowest BCUT2D eigenvalue weighted by atomic mass is 10.1. The Morgan fingerprint density at radius 3 is 2.26 bits per heavy atom. The predicted molar refractivity (Wildman–Crippen MR) is 108 cm³/mol. The first kappa shape index (κ1) is 18.4. The Morgan fingerprint density at radius 2 is 1.52 bits per heavy atom. The van der Waals surface area contributed by atoms with Crippen LogP contribution in [-0.4, -0.2) is 18.9 Å². The Balaban J connectivity index is 1.72. The van der Waals surface area contributed by atoms with E-state index in [2.05, 4.69) is 5.32 Å². The number of para-hydroxylation sites is 1. The molecular formula is C23H22N2O2. The Labute approximate surface area is 159 Å². The molecule has 1 N–H and O–H groups in total. The Morgan fingerprint density at radius 1 is 0.852 bits per heavy atom. The lowest BCUT2D eigenvalue weighted by molar-refractivity contribution is 0.0951. The van der Waals surface area contributed by atoms with Gasteiger partial charge in [0.25, 0.3) is 11.8 Å². The molecule has 3 aromatic rings. The first-order chi connectivity index (χ1) is 13.1. The van der Waals surface area contributed by atoms with E-state index in [1.54, 1.807) is 36.2 Å². The molecule has 0 aliphatic rings. The Kier molecular flexibility index (Phi) is 5.67. The zero-order valence-corrected chi connectivity index (χ0v) is 15.5. The van der Waals surface area contributed by atoms with Crippen molar-refractivity contribution < 1.29 is 9.59 Å². The van der Waals surface area contributed by atoms with Crippen LogP contribution < -0.4 is 10.2 Å². The van der Waals surface area contributed by atoms with Crippen LogP contribution in [0.3, 0.4) is 0 Å². The molecule has 0 atom stereocenters. The van der Waals surface area contributed by atoms with Gasteiger partial charge in [0, 0.05) is 30.4 Å². The maximum absolute atomic E-state index is 12.7. The summed E-state index contributed by atoms with van der Waals surface area (Å²) in [6, 6.07) is 24.1. The van der Waals surface area contributed by atoms with Crippen LogP contribution >= 0.6 is 0 Å². The third-order valence-electron chi connectivity index (χ3n) is 4.52. The molecule has 0 aromatic heterocycles. The number of hydrogen-bond acceptors (Lipinski definition) is 2. The third-order valence-corrected chi connectivity index (χ3v) is 4.52. The molecule has 136 valence electrons. The van der Waals surface area contributed by atoms with Gasteiger partial charge in [0.05, 0.1) is 0 Å². The van der Waals surface area contributed by atoms with Crippen molar-refractivity contribution in [2.24, 2.45) is 0 Å². The fraction of sp³-hybridized carbons (Fsp3) is 0.130. The van der Waals surface area contributed by atoms with Gasteiger partial charge >= 0.3 is 0 Å². The van der Waals surface area contributed by atoms with Crippen LogP contribution in [-0.2, 0) is 6.54 Å². The number of amides is 2. The van der Waals surface area contributed by atoms with Gasteiger partial charge in [0.2, 0.25) is 0 Å². The predicted octanol–water partition coefficient (Wildman–Crippen LogP) is 4.20. The Hall–Kier alpha value is -3.40. The van der Waals surface area contributed by atoms with Crippen molar-refractivity contribution >= 4 is 17.5 Å². The quantitative estimate of drug-likeness (QED) is 0.743. The van der Waals surface area contributed by atoms with Crippen molar-refractivity contribution in [2.45, 2.75) is 13.5 Å². The molecule has 0 saturated carbocycles. The number of anilines is 1. The molecule has 27 heavy (non-hydrogen) atoms. The van der Waals surface area contributed by atoms with E-state index in [0.717, 1.165) is 16.8 Å². The van der Waals surface area contributed by atoms with Gasteiger partial charge in [0.15, 0.2) is 0 Å². The van der Waals surface area contributed by atoms with Gasteiger partial charge in [-0.15, -0.1) is 0 Å². The normalized spacial score (nSPS) is 10.3. The van der Waals surface area contributed by atoms with E-state index in [9.17, 15) is 9.59 Å². The summed E-state index contributed by atoms with van der Waals surface area (Å²) < 4.78 is 0. The van der Waals surface area contributed by atoms with Gasteiger partial charge in [-0.25, -0.2) is 0 Å². The van der Waals surface area contributed by atoms with Crippen molar-refractivity contribution in [3.63, 3.8) is 0 Å². The standard InChI is InChI=1S/C23H22N2O2/c1-17-9-6-7-10-20(17)16-24-22(26)18-11-8-12-19(15-18)23(27)25(2)21-13-4-3-5-14-21/h3-15H,16H2,1-2H3,(H,24,26). The van der Waals surface area contributed by atoms with Crippen LogP contribution in [0, 0.1) is 6.92 Å². The minimum Gasteiger partial charge on any atom is -0.348 e. The second-order valence-corrected chi connectivity index (χ2v) is 6.39. The summed E-state index contributed by atoms with van der Waals surface area (Å²) in [6.07, 6.45) is 0. The van der Waals surface area contributed by atoms with E-state index in [1.807, 2.05) is 61.5 Å². The number of nitrogens with zero attached hydrogens (tertiary/aromatic N) is 1. The summed E-state index contributed by atoms with van der Waals surface area (Å²) in [5.74, 6) is -0.356. The number of rotatable bonds is 5. The third kappa shape index (κ3) is 4.42. The lowest BCUT2D eigenvalue weighted by Crippen LogP contribution is -2.27. The van der Waals surface area contributed by atoms with E-state index in [0.29, 0.717) is 17.7 Å². The van der Waals surface area contributed by atoms with Crippen LogP contribution in [0.2, 0.25) is 0 Å². The molecule has 0 bridgehead atoms. The zero-order valence-electron chi connectivity index (χ0n) is 15.5. The van der Waals surface area contributed by atoms with Crippen molar-refractivity contribution in [2.75, 3.05) is 11.9 Å². The molecule has 0 aliphatic carbocycles. The molecule has 0 radical (unpaired) electrons. The first-order valence-corrected chi connectivity index (χ1v) is 8.82. The SMILES string of the molecule is Cc1ccccc1CNC(=O)c1cccc(C(=O)N(C)c2ccccc2)c1. The molecule has 0 fully saturated rings. The van der Waals surface area contributed by atoms with Gasteiger partial charge in [-0.3, -0.25) is 9.59 Å². The number of hydrogen-bond donors (Lipinski definition) is 1. The highest BCUT2D eigenvalue weighted by atomic mass is 16.2. The van der Waals surface area contributed by atoms with Crippen molar-refractivity contribution in [3.05, 3.63) is 101 Å². The first-order valence-electron chi connectivity index (χ1n) is 8.82. The summed E-state index contributed by atoms with van der Waals surface area (Å²) in [6.45, 7) is 2.47. The van der Waals surface area contributed by atoms with Crippen LogP contribution in [0.25, 0.3) is 0 Å². The average Bonchev–Trinajstić information content (AvgIpc) is 2.72. The van der Waals surface area contributed by atoms with Crippen molar-refractivity contribution in [1.29, 1.82) is 0 Å². The topological polar surface area (TPSA) is 49.4 Å². The Bertz CT molecular complexity index is 951. The molecule has 2 amide bonds. The van der Waals surface area contributed by atoms with Crippen LogP contribution in [0.5, 0.6) is 0 Å². The minimum absolute atomic E-state index is 0.158. The molecule has 0 aliphatic heterocycles. The molecule has 0 unspecified atom stereocenters. The van der Waals surface area contributed by atoms with E-state index < -0.39 is 0 Å². The smallest absolute Gasteiger partial charge is 0.258 e. The van der Waals surface area contributed by atoms with E-state index in [1.165, 1.54) is 0 Å². The highest BCUT2D eigenvalue weighted by molar-refractivity contribution is 6.07. The summed E-state index contributed by atoms with van der Waals surface area (Å²) in [4.78, 5) is 26.8. The lowest BCUT2D eigenvalue weighted by Gasteiger charge is -2.17. The zero-order chi connectivity index (χ0) is 19.2. The number of carbonyl (C=O) groups is 2. The van der Waals surface area contributed by atoms with E-state index >= 15 is 0 Å². The summed E-state index contributed by atoms with van der Waals surface area (Å²) >= 11 is 0. The van der Waals surface area contributed by atoms with Gasteiger partial charge in [0.1, 0.15) is 0 Å². The summed E-state index contributed by atoms with van der Waals surface area (Å²) in [7, 11) is 1.72. The highest BCUT2D eigenvalue weighted by Crippen LogP contribution is 2.16. The fourth-order valence-corrected chi connectivity index (χ4v) is 2.84. The highest BCUT2D eigenvalue weighted by Gasteiger charge is 2.15. The molecule has 3 aromatic carbocycles. The van der Waals surface area contributed by atoms with Gasteiger partial charge < -0.3 is 10.2 Å². The molecule has 0 saturated heterocycles. The molecule has 4 nitrogen and oxygen atoms in total. The van der Waals surface area contributed by atoms with Crippen molar-refractivity contribution in [1.82, 2.24) is 5.32 Å². The van der Waals surface area contributed by atoms with E-state index in [-0.39, 0.29) is 11.8 Å². The molecule has 3 rings (SSSR count). The average molecular weight is 358 g/mol. The maximum atomic E-state index is 12.7. The maximum Gasteiger partial charge on any atom is 0.258 e. The van der Waals surface area contributed by atoms with E-state index in [4.69, 9.17) is 0 Å². The van der Waals surface area contributed by atoms with Crippen LogP contribution in [0.4, 0.5) is 5.69 Å². The fourth-order valence-electron chi connectivity index (χ4n) is 2.84. The van der Waals surface area contributed by atoms with Gasteiger partial charge in [-0.1, -0.05) is 48.5 Å². The molecule has 0 heterocycles. The van der Waals surface area contributed by atoms with Crippen molar-refractivity contribution in [3.8, 4) is 0 Å². The van der Waals surface area contributed by atoms with Crippen LogP contribution in [0.15, 0.2) is 78.9 Å². The summed E-state index contributed by atoms with van der Waals surface area (Å²) in [5, 5.41) is 2.92. The largest absolute Gasteiger partial charge is 0.348 e. The molecule has 0 spiro atoms. The van der Waals surface area contributed by atoms with Crippen LogP contribution in [0.1, 0.15) is 31.8 Å². The van der Waals surface area contributed by atoms with Gasteiger partial charge in [-0.05, 0) is 48.4 Å².